The maximum absolute atomic E-state index is 12.8. The van der Waals surface area contributed by atoms with Crippen LogP contribution in [0.15, 0.2) is 89.9 Å². The Hall–Kier alpha value is -4.59. The first-order chi connectivity index (χ1) is 16.6. The van der Waals surface area contributed by atoms with E-state index in [1.807, 2.05) is 62.4 Å². The number of carbonyl (C=O) groups is 1. The molecule has 1 unspecified atom stereocenters. The molecule has 0 saturated carbocycles. The zero-order valence-electron chi connectivity index (χ0n) is 18.7. The molecule has 34 heavy (non-hydrogen) atoms. The minimum Gasteiger partial charge on any atom is -0.416 e. The zero-order valence-corrected chi connectivity index (χ0v) is 18.7. The molecule has 5 rings (SSSR count). The summed E-state index contributed by atoms with van der Waals surface area (Å²) in [5, 5.41) is 15.4. The lowest BCUT2D eigenvalue weighted by Gasteiger charge is -2.15. The highest BCUT2D eigenvalue weighted by Gasteiger charge is 2.14. The molecule has 3 aromatic carbocycles. The van der Waals surface area contributed by atoms with Crippen LogP contribution in [0.4, 0.5) is 0 Å². The summed E-state index contributed by atoms with van der Waals surface area (Å²) in [4.78, 5) is 16.7. The van der Waals surface area contributed by atoms with Crippen LogP contribution in [0.25, 0.3) is 28.6 Å². The first-order valence-corrected chi connectivity index (χ1v) is 10.8. The molecule has 0 fully saturated rings. The molecule has 0 spiro atoms. The molecule has 2 aromatic heterocycles. The second-order valence-electron chi connectivity index (χ2n) is 7.98. The largest absolute Gasteiger partial charge is 0.416 e. The number of aromatic nitrogens is 5. The quantitative estimate of drug-likeness (QED) is 0.400. The van der Waals surface area contributed by atoms with Gasteiger partial charge in [0.2, 0.25) is 11.8 Å². The monoisotopic (exact) mass is 450 g/mol. The Morgan fingerprint density at radius 1 is 0.882 bits per heavy atom. The van der Waals surface area contributed by atoms with Crippen molar-refractivity contribution in [3.63, 3.8) is 0 Å². The number of benzene rings is 3. The molecule has 8 heteroatoms. The van der Waals surface area contributed by atoms with Gasteiger partial charge in [-0.25, -0.2) is 9.67 Å². The third kappa shape index (κ3) is 4.47. The van der Waals surface area contributed by atoms with Crippen molar-refractivity contribution in [3.8, 4) is 28.6 Å². The second kappa shape index (κ2) is 9.11. The Morgan fingerprint density at radius 3 is 2.09 bits per heavy atom. The van der Waals surface area contributed by atoms with Crippen LogP contribution in [0.3, 0.4) is 0 Å². The maximum Gasteiger partial charge on any atom is 0.251 e. The van der Waals surface area contributed by atoms with Gasteiger partial charge in [-0.2, -0.15) is 5.10 Å². The number of carbonyl (C=O) groups excluding carboxylic acids is 1. The maximum atomic E-state index is 12.8. The average Bonchev–Trinajstić information content (AvgIpc) is 3.58. The van der Waals surface area contributed by atoms with Gasteiger partial charge in [0.05, 0.1) is 11.7 Å². The Kier molecular flexibility index (Phi) is 5.70. The van der Waals surface area contributed by atoms with Crippen molar-refractivity contribution in [2.75, 3.05) is 0 Å². The van der Waals surface area contributed by atoms with Crippen LogP contribution >= 0.6 is 0 Å². The smallest absolute Gasteiger partial charge is 0.251 e. The molecule has 0 aliphatic heterocycles. The number of aryl methyl sites for hydroxylation is 1. The van der Waals surface area contributed by atoms with Gasteiger partial charge in [-0.3, -0.25) is 4.79 Å². The minimum absolute atomic E-state index is 0.162. The first-order valence-electron chi connectivity index (χ1n) is 10.8. The summed E-state index contributed by atoms with van der Waals surface area (Å²) in [5.74, 6) is 0.703. The summed E-state index contributed by atoms with van der Waals surface area (Å²) < 4.78 is 7.50. The summed E-state index contributed by atoms with van der Waals surface area (Å²) in [6.45, 7) is 3.97. The van der Waals surface area contributed by atoms with E-state index in [4.69, 9.17) is 4.42 Å². The molecule has 0 aliphatic rings. The molecule has 0 saturated heterocycles. The fourth-order valence-corrected chi connectivity index (χ4v) is 3.54. The van der Waals surface area contributed by atoms with Crippen molar-refractivity contribution >= 4 is 5.91 Å². The van der Waals surface area contributed by atoms with Gasteiger partial charge in [-0.15, -0.1) is 10.2 Å². The molecule has 1 atom stereocenters. The van der Waals surface area contributed by atoms with Crippen molar-refractivity contribution < 1.29 is 9.21 Å². The summed E-state index contributed by atoms with van der Waals surface area (Å²) in [6, 6.07) is 22.7. The summed E-state index contributed by atoms with van der Waals surface area (Å²) in [7, 11) is 0. The zero-order chi connectivity index (χ0) is 23.5. The van der Waals surface area contributed by atoms with E-state index in [2.05, 4.69) is 25.6 Å². The predicted octanol–water partition coefficient (Wildman–Crippen LogP) is 4.78. The number of nitrogens with one attached hydrogen (secondary N) is 1. The molecule has 5 aromatic rings. The lowest BCUT2D eigenvalue weighted by molar-refractivity contribution is 0.0940. The number of rotatable bonds is 6. The normalized spacial score (nSPS) is 11.8. The van der Waals surface area contributed by atoms with E-state index in [9.17, 15) is 4.79 Å². The van der Waals surface area contributed by atoms with Gasteiger partial charge >= 0.3 is 0 Å². The highest BCUT2D eigenvalue weighted by molar-refractivity contribution is 5.94. The second-order valence-corrected chi connectivity index (χ2v) is 7.98. The van der Waals surface area contributed by atoms with Gasteiger partial charge < -0.3 is 9.73 Å². The third-order valence-corrected chi connectivity index (χ3v) is 5.54. The fraction of sp³-hybridized carbons (Fsp3) is 0.115. The summed E-state index contributed by atoms with van der Waals surface area (Å²) >= 11 is 0. The van der Waals surface area contributed by atoms with E-state index in [0.29, 0.717) is 17.3 Å². The summed E-state index contributed by atoms with van der Waals surface area (Å²) in [6.07, 6.45) is 3.13. The van der Waals surface area contributed by atoms with E-state index in [1.54, 1.807) is 35.3 Å². The van der Waals surface area contributed by atoms with Crippen LogP contribution in [0.5, 0.6) is 0 Å². The molecule has 1 N–H and O–H groups in total. The Morgan fingerprint density at radius 2 is 1.50 bits per heavy atom. The van der Waals surface area contributed by atoms with E-state index >= 15 is 0 Å². The van der Waals surface area contributed by atoms with Crippen LogP contribution in [0.1, 0.15) is 34.5 Å². The number of amides is 1. The molecule has 0 radical (unpaired) electrons. The van der Waals surface area contributed by atoms with Gasteiger partial charge in [0.1, 0.15) is 12.7 Å². The molecule has 2 heterocycles. The summed E-state index contributed by atoms with van der Waals surface area (Å²) in [5.41, 5.74) is 5.22. The Labute approximate surface area is 196 Å². The highest BCUT2D eigenvalue weighted by atomic mass is 16.4. The lowest BCUT2D eigenvalue weighted by atomic mass is 10.1. The fourth-order valence-electron chi connectivity index (χ4n) is 3.54. The SMILES string of the molecule is Cc1ccc(-c2nnc(-c3ccc(C(=O)NC(C)c4ccc(-n5cncn5)cc4)cc3)o2)cc1. The molecular weight excluding hydrogens is 428 g/mol. The Balaban J connectivity index is 1.24. The first kappa shape index (κ1) is 21.3. The number of nitrogens with zero attached hydrogens (tertiary/aromatic N) is 5. The van der Waals surface area contributed by atoms with Crippen molar-refractivity contribution in [1.82, 2.24) is 30.3 Å². The highest BCUT2D eigenvalue weighted by Crippen LogP contribution is 2.24. The van der Waals surface area contributed by atoms with Crippen LogP contribution in [0, 0.1) is 6.92 Å². The molecular formula is C26H22N6O2. The van der Waals surface area contributed by atoms with Gasteiger partial charge in [-0.05, 0) is 67.9 Å². The molecule has 8 nitrogen and oxygen atoms in total. The van der Waals surface area contributed by atoms with Gasteiger partial charge in [0.25, 0.3) is 5.91 Å². The molecule has 1 amide bonds. The van der Waals surface area contributed by atoms with E-state index in [0.717, 1.165) is 27.9 Å². The molecule has 0 bridgehead atoms. The number of hydrogen-bond acceptors (Lipinski definition) is 6. The average molecular weight is 451 g/mol. The van der Waals surface area contributed by atoms with Gasteiger partial charge in [0, 0.05) is 16.7 Å². The minimum atomic E-state index is -0.162. The van der Waals surface area contributed by atoms with Crippen molar-refractivity contribution in [2.45, 2.75) is 19.9 Å². The van der Waals surface area contributed by atoms with Crippen LogP contribution in [0.2, 0.25) is 0 Å². The molecule has 168 valence electrons. The number of hydrogen-bond donors (Lipinski definition) is 1. The van der Waals surface area contributed by atoms with Crippen molar-refractivity contribution in [2.24, 2.45) is 0 Å². The Bertz CT molecular complexity index is 1390. The van der Waals surface area contributed by atoms with Gasteiger partial charge in [-0.1, -0.05) is 29.8 Å². The standard InChI is InChI=1S/C26H22N6O2/c1-17-3-5-21(6-4-17)25-30-31-26(34-25)22-9-7-20(8-10-22)24(33)29-18(2)19-11-13-23(14-12-19)32-16-27-15-28-32/h3-16,18H,1-2H3,(H,29,33). The van der Waals surface area contributed by atoms with Gasteiger partial charge in [0.15, 0.2) is 0 Å². The van der Waals surface area contributed by atoms with Crippen molar-refractivity contribution in [1.29, 1.82) is 0 Å². The molecule has 0 aliphatic carbocycles. The van der Waals surface area contributed by atoms with E-state index in [1.165, 1.54) is 6.33 Å². The lowest BCUT2D eigenvalue weighted by Crippen LogP contribution is -2.26. The van der Waals surface area contributed by atoms with Crippen LogP contribution in [-0.2, 0) is 0 Å². The van der Waals surface area contributed by atoms with Crippen LogP contribution in [-0.4, -0.2) is 30.9 Å². The van der Waals surface area contributed by atoms with Crippen LogP contribution < -0.4 is 5.32 Å². The topological polar surface area (TPSA) is 98.7 Å². The van der Waals surface area contributed by atoms with Crippen molar-refractivity contribution in [3.05, 3.63) is 102 Å². The van der Waals surface area contributed by atoms with E-state index in [-0.39, 0.29) is 11.9 Å². The predicted molar refractivity (Wildman–Crippen MR) is 127 cm³/mol. The third-order valence-electron chi connectivity index (χ3n) is 5.54. The van der Waals surface area contributed by atoms with E-state index < -0.39 is 0 Å².